The molecule has 0 bridgehead atoms. The fourth-order valence-corrected chi connectivity index (χ4v) is 2.90. The van der Waals surface area contributed by atoms with E-state index in [4.69, 9.17) is 0 Å². The van der Waals surface area contributed by atoms with E-state index in [1.807, 2.05) is 66.9 Å². The predicted octanol–water partition coefficient (Wildman–Crippen LogP) is 3.70. The van der Waals surface area contributed by atoms with E-state index in [1.165, 1.54) is 0 Å². The molecule has 0 atom stereocenters. The van der Waals surface area contributed by atoms with Crippen LogP contribution in [0.25, 0.3) is 22.0 Å². The molecule has 0 spiro atoms. The molecule has 118 valence electrons. The third kappa shape index (κ3) is 2.86. The van der Waals surface area contributed by atoms with Crippen molar-refractivity contribution in [2.75, 3.05) is 0 Å². The van der Waals surface area contributed by atoms with E-state index in [1.54, 1.807) is 0 Å². The molecule has 2 heterocycles. The summed E-state index contributed by atoms with van der Waals surface area (Å²) in [6, 6.07) is 19.8. The van der Waals surface area contributed by atoms with Gasteiger partial charge in [-0.15, -0.1) is 0 Å². The van der Waals surface area contributed by atoms with Gasteiger partial charge in [0.05, 0.1) is 5.69 Å². The molecule has 0 unspecified atom stereocenters. The fourth-order valence-electron chi connectivity index (χ4n) is 2.90. The molecule has 0 saturated carbocycles. The molecule has 4 nitrogen and oxygen atoms in total. The lowest BCUT2D eigenvalue weighted by Crippen LogP contribution is -2.10. The standard InChI is InChI=1S/C20H17N3O/c24-20-17-9-5-4-8-15(17)12-16(22-20)10-11-19-21-13-18(23-19)14-6-2-1-3-7-14/h1-9,12-13H,10-11H2,(H,21,23)(H,22,24). The summed E-state index contributed by atoms with van der Waals surface area (Å²) in [5.41, 5.74) is 2.93. The highest BCUT2D eigenvalue weighted by molar-refractivity contribution is 5.81. The third-order valence-corrected chi connectivity index (χ3v) is 4.14. The van der Waals surface area contributed by atoms with Crippen LogP contribution in [0.5, 0.6) is 0 Å². The molecule has 2 N–H and O–H groups in total. The molecular formula is C20H17N3O. The Morgan fingerprint density at radius 3 is 2.58 bits per heavy atom. The van der Waals surface area contributed by atoms with Crippen molar-refractivity contribution < 1.29 is 0 Å². The van der Waals surface area contributed by atoms with Gasteiger partial charge in [-0.2, -0.15) is 0 Å². The largest absolute Gasteiger partial charge is 0.348 e. The predicted molar refractivity (Wildman–Crippen MR) is 96.0 cm³/mol. The number of aryl methyl sites for hydroxylation is 2. The minimum absolute atomic E-state index is 0.0347. The number of hydrogen-bond acceptors (Lipinski definition) is 2. The number of rotatable bonds is 4. The van der Waals surface area contributed by atoms with Crippen molar-refractivity contribution in [3.05, 3.63) is 88.7 Å². The van der Waals surface area contributed by atoms with Gasteiger partial charge in [-0.25, -0.2) is 4.98 Å². The lowest BCUT2D eigenvalue weighted by Gasteiger charge is -2.03. The van der Waals surface area contributed by atoms with Crippen LogP contribution in [0.1, 0.15) is 11.5 Å². The molecule has 0 aliphatic heterocycles. The lowest BCUT2D eigenvalue weighted by molar-refractivity contribution is 0.855. The first-order valence-electron chi connectivity index (χ1n) is 8.00. The molecule has 0 aliphatic rings. The van der Waals surface area contributed by atoms with Crippen molar-refractivity contribution >= 4 is 10.8 Å². The Morgan fingerprint density at radius 2 is 1.71 bits per heavy atom. The molecule has 0 amide bonds. The van der Waals surface area contributed by atoms with Crippen molar-refractivity contribution in [3.63, 3.8) is 0 Å². The molecule has 0 radical (unpaired) electrons. The molecule has 2 aromatic carbocycles. The maximum atomic E-state index is 12.1. The van der Waals surface area contributed by atoms with Crippen molar-refractivity contribution in [1.82, 2.24) is 15.0 Å². The van der Waals surface area contributed by atoms with Crippen LogP contribution in [-0.2, 0) is 12.8 Å². The Balaban J connectivity index is 1.53. The lowest BCUT2D eigenvalue weighted by atomic mass is 10.1. The van der Waals surface area contributed by atoms with Gasteiger partial charge in [-0.05, 0) is 23.9 Å². The number of pyridine rings is 1. The summed E-state index contributed by atoms with van der Waals surface area (Å²) in [6.45, 7) is 0. The average molecular weight is 315 g/mol. The van der Waals surface area contributed by atoms with E-state index in [-0.39, 0.29) is 5.56 Å². The molecule has 0 fully saturated rings. The van der Waals surface area contributed by atoms with E-state index in [0.717, 1.165) is 46.4 Å². The van der Waals surface area contributed by atoms with E-state index in [9.17, 15) is 4.79 Å². The Bertz CT molecular complexity index is 1030. The van der Waals surface area contributed by atoms with Crippen molar-refractivity contribution in [3.8, 4) is 11.3 Å². The van der Waals surface area contributed by atoms with Crippen LogP contribution in [0.4, 0.5) is 0 Å². The molecule has 4 aromatic rings. The first kappa shape index (κ1) is 14.5. The number of imidazole rings is 1. The first-order valence-corrected chi connectivity index (χ1v) is 8.00. The number of nitrogens with one attached hydrogen (secondary N) is 2. The SMILES string of the molecule is O=c1[nH]c(CCc2nc(-c3ccccc3)c[nH]2)cc2ccccc12. The van der Waals surface area contributed by atoms with Crippen LogP contribution in [-0.4, -0.2) is 15.0 Å². The van der Waals surface area contributed by atoms with Crippen molar-refractivity contribution in [2.45, 2.75) is 12.8 Å². The minimum atomic E-state index is -0.0347. The number of hydrogen-bond donors (Lipinski definition) is 2. The van der Waals surface area contributed by atoms with Gasteiger partial charge in [0.15, 0.2) is 0 Å². The van der Waals surface area contributed by atoms with E-state index >= 15 is 0 Å². The number of fused-ring (bicyclic) bond motifs is 1. The zero-order valence-electron chi connectivity index (χ0n) is 13.1. The van der Waals surface area contributed by atoms with Crippen LogP contribution < -0.4 is 5.56 Å². The van der Waals surface area contributed by atoms with Gasteiger partial charge in [-0.1, -0.05) is 48.5 Å². The van der Waals surface area contributed by atoms with Crippen LogP contribution in [0.3, 0.4) is 0 Å². The monoisotopic (exact) mass is 315 g/mol. The first-order chi connectivity index (χ1) is 11.8. The Labute approximate surface area is 139 Å². The minimum Gasteiger partial charge on any atom is -0.348 e. The zero-order valence-corrected chi connectivity index (χ0v) is 13.1. The molecule has 24 heavy (non-hydrogen) atoms. The summed E-state index contributed by atoms with van der Waals surface area (Å²) in [7, 11) is 0. The highest BCUT2D eigenvalue weighted by Crippen LogP contribution is 2.17. The number of aromatic nitrogens is 3. The highest BCUT2D eigenvalue weighted by Gasteiger charge is 2.06. The van der Waals surface area contributed by atoms with E-state index < -0.39 is 0 Å². The van der Waals surface area contributed by atoms with Gasteiger partial charge in [-0.3, -0.25) is 4.79 Å². The molecule has 2 aromatic heterocycles. The number of H-pyrrole nitrogens is 2. The van der Waals surface area contributed by atoms with Crippen LogP contribution >= 0.6 is 0 Å². The Hall–Kier alpha value is -3.14. The summed E-state index contributed by atoms with van der Waals surface area (Å²) in [4.78, 5) is 22.9. The summed E-state index contributed by atoms with van der Waals surface area (Å²) in [6.07, 6.45) is 3.41. The second-order valence-electron chi connectivity index (χ2n) is 5.81. The zero-order chi connectivity index (χ0) is 16.4. The van der Waals surface area contributed by atoms with Crippen molar-refractivity contribution in [1.29, 1.82) is 0 Å². The number of nitrogens with zero attached hydrogens (tertiary/aromatic N) is 1. The highest BCUT2D eigenvalue weighted by atomic mass is 16.1. The summed E-state index contributed by atoms with van der Waals surface area (Å²) >= 11 is 0. The number of aromatic amines is 2. The second-order valence-corrected chi connectivity index (χ2v) is 5.81. The Morgan fingerprint density at radius 1 is 0.917 bits per heavy atom. The molecule has 4 rings (SSSR count). The van der Waals surface area contributed by atoms with Gasteiger partial charge >= 0.3 is 0 Å². The average Bonchev–Trinajstić information content (AvgIpc) is 3.10. The van der Waals surface area contributed by atoms with E-state index in [0.29, 0.717) is 0 Å². The molecule has 0 saturated heterocycles. The van der Waals surface area contributed by atoms with Gasteiger partial charge in [0.25, 0.3) is 5.56 Å². The normalized spacial score (nSPS) is 11.0. The molecule has 0 aliphatic carbocycles. The molecule has 4 heteroatoms. The summed E-state index contributed by atoms with van der Waals surface area (Å²) in [5.74, 6) is 0.919. The number of benzene rings is 2. The smallest absolute Gasteiger partial charge is 0.256 e. The topological polar surface area (TPSA) is 61.5 Å². The van der Waals surface area contributed by atoms with Crippen LogP contribution in [0.2, 0.25) is 0 Å². The Kier molecular flexibility index (Phi) is 3.71. The summed E-state index contributed by atoms with van der Waals surface area (Å²) < 4.78 is 0. The summed E-state index contributed by atoms with van der Waals surface area (Å²) in [5, 5.41) is 1.70. The fraction of sp³-hybridized carbons (Fsp3) is 0.100. The van der Waals surface area contributed by atoms with E-state index in [2.05, 4.69) is 15.0 Å². The van der Waals surface area contributed by atoms with Gasteiger partial charge in [0.1, 0.15) is 5.82 Å². The maximum Gasteiger partial charge on any atom is 0.256 e. The maximum absolute atomic E-state index is 12.1. The van der Waals surface area contributed by atoms with Crippen LogP contribution in [0, 0.1) is 0 Å². The van der Waals surface area contributed by atoms with Crippen molar-refractivity contribution in [2.24, 2.45) is 0 Å². The second kappa shape index (κ2) is 6.16. The van der Waals surface area contributed by atoms with Crippen LogP contribution in [0.15, 0.2) is 71.7 Å². The van der Waals surface area contributed by atoms with Gasteiger partial charge < -0.3 is 9.97 Å². The molecular weight excluding hydrogens is 298 g/mol. The van der Waals surface area contributed by atoms with Gasteiger partial charge in [0, 0.05) is 29.3 Å². The van der Waals surface area contributed by atoms with Gasteiger partial charge in [0.2, 0.25) is 0 Å². The third-order valence-electron chi connectivity index (χ3n) is 4.14. The quantitative estimate of drug-likeness (QED) is 0.603.